The van der Waals surface area contributed by atoms with Crippen molar-refractivity contribution in [3.8, 4) is 22.3 Å². The third-order valence-electron chi connectivity index (χ3n) is 14.2. The fourth-order valence-corrected chi connectivity index (χ4v) is 42.8. The van der Waals surface area contributed by atoms with E-state index in [1.807, 2.05) is 0 Å². The van der Waals surface area contributed by atoms with Gasteiger partial charge in [0.1, 0.15) is 0 Å². The van der Waals surface area contributed by atoms with E-state index in [0.29, 0.717) is 0 Å². The summed E-state index contributed by atoms with van der Waals surface area (Å²) >= 11 is -5.08. The molecule has 0 nitrogen and oxygen atoms in total. The Morgan fingerprint density at radius 1 is 0.467 bits per heavy atom. The van der Waals surface area contributed by atoms with Crippen LogP contribution in [0.1, 0.15) is 81.9 Å². The number of fused-ring (bicyclic) bond motifs is 6. The summed E-state index contributed by atoms with van der Waals surface area (Å²) in [5, 5.41) is 10.2. The predicted octanol–water partition coefficient (Wildman–Crippen LogP) is 17.6. The van der Waals surface area contributed by atoms with E-state index < -0.39 is 21.5 Å². The Hall–Kier alpha value is -4.04. The molecule has 0 amide bonds. The molecular formula is C56H53Cl2SiZr. The van der Waals surface area contributed by atoms with Crippen LogP contribution in [0, 0.1) is 0 Å². The van der Waals surface area contributed by atoms with Crippen LogP contribution < -0.4 is 0 Å². The van der Waals surface area contributed by atoms with E-state index in [1.54, 1.807) is 0 Å². The normalized spacial score (nSPS) is 16.9. The van der Waals surface area contributed by atoms with Gasteiger partial charge in [-0.25, -0.2) is 0 Å². The Morgan fingerprint density at radius 2 is 0.817 bits per heavy atom. The van der Waals surface area contributed by atoms with Crippen LogP contribution in [0.15, 0.2) is 157 Å². The zero-order valence-electron chi connectivity index (χ0n) is 35.2. The third-order valence-corrected chi connectivity index (χ3v) is 66.1. The van der Waals surface area contributed by atoms with Crippen LogP contribution in [0.4, 0.5) is 0 Å². The maximum absolute atomic E-state index is 9.08. The summed E-state index contributed by atoms with van der Waals surface area (Å²) in [4.78, 5) is 0. The number of allylic oxidation sites excluding steroid dienone is 2. The third kappa shape index (κ3) is 6.22. The topological polar surface area (TPSA) is 0 Å². The van der Waals surface area contributed by atoms with Gasteiger partial charge in [0.2, 0.25) is 0 Å². The molecule has 0 saturated heterocycles. The fraction of sp³-hybridized carbons (Fsp3) is 0.214. The van der Waals surface area contributed by atoms with Gasteiger partial charge in [0.15, 0.2) is 0 Å². The van der Waals surface area contributed by atoms with Crippen molar-refractivity contribution in [1.82, 2.24) is 0 Å². The first-order chi connectivity index (χ1) is 29.2. The molecule has 0 heterocycles. The number of hydrogen-bond donors (Lipinski definition) is 0. The summed E-state index contributed by atoms with van der Waals surface area (Å²) in [6.45, 7) is 9.63. The Morgan fingerprint density at radius 3 is 1.15 bits per heavy atom. The molecule has 0 aliphatic heterocycles. The molecule has 8 aromatic carbocycles. The average Bonchev–Trinajstić information content (AvgIpc) is 3.86. The second-order valence-electron chi connectivity index (χ2n) is 17.9. The Kier molecular flexibility index (Phi) is 10.5. The van der Waals surface area contributed by atoms with Crippen molar-refractivity contribution >= 4 is 78.2 Å². The molecule has 2 atom stereocenters. The van der Waals surface area contributed by atoms with E-state index in [-0.39, 0.29) is 7.25 Å². The Bertz CT molecular complexity index is 2750. The van der Waals surface area contributed by atoms with Gasteiger partial charge in [-0.2, -0.15) is 0 Å². The summed E-state index contributed by atoms with van der Waals surface area (Å²) < 4.78 is 0.0967. The molecule has 0 fully saturated rings. The van der Waals surface area contributed by atoms with Gasteiger partial charge < -0.3 is 0 Å². The first-order valence-corrected chi connectivity index (χ1v) is 38.6. The van der Waals surface area contributed by atoms with Crippen molar-refractivity contribution in [3.05, 3.63) is 179 Å². The molecule has 0 aromatic heterocycles. The molecule has 0 radical (unpaired) electrons. The zero-order valence-corrected chi connectivity index (χ0v) is 40.4. The number of benzene rings is 8. The zero-order chi connectivity index (χ0) is 41.2. The van der Waals surface area contributed by atoms with Gasteiger partial charge in [-0.3, -0.25) is 0 Å². The van der Waals surface area contributed by atoms with Gasteiger partial charge >= 0.3 is 368 Å². The monoisotopic (exact) mass is 913 g/mol. The van der Waals surface area contributed by atoms with Gasteiger partial charge in [0.25, 0.3) is 0 Å². The standard InChI is InChI=1S/2C27H23.C2H7Si.2ClH.Zr/c2*1-2-3-9-19-16-20-12-8-15-25(26(20)17-19)27-23-13-6-4-10-21(23)18-22-11-5-7-14-24(22)27;1-3-2;;;/h2*4-8,10-18H,2-3,9H2,1H3;3H,1-2H3;2*1H;/q;;;;;+2/p-2. The number of rotatable bonds is 11. The number of hydrogen-bond acceptors (Lipinski definition) is 0. The fourth-order valence-electron chi connectivity index (χ4n) is 11.3. The maximum atomic E-state index is 9.08. The minimum absolute atomic E-state index is 0.0483. The van der Waals surface area contributed by atoms with Gasteiger partial charge in [-0.05, 0) is 0 Å². The van der Waals surface area contributed by atoms with Crippen LogP contribution >= 0.6 is 17.0 Å². The van der Waals surface area contributed by atoms with Crippen molar-refractivity contribution in [2.24, 2.45) is 0 Å². The van der Waals surface area contributed by atoms with E-state index in [4.69, 9.17) is 17.0 Å². The minimum atomic E-state index is -5.08. The predicted molar refractivity (Wildman–Crippen MR) is 265 cm³/mol. The first kappa shape index (κ1) is 40.1. The van der Waals surface area contributed by atoms with Crippen LogP contribution in [0.3, 0.4) is 0 Å². The van der Waals surface area contributed by atoms with Crippen molar-refractivity contribution in [2.45, 2.75) is 72.7 Å². The summed E-state index contributed by atoms with van der Waals surface area (Å²) in [5.41, 5.74) is 13.6. The van der Waals surface area contributed by atoms with Gasteiger partial charge in [-0.1, -0.05) is 0 Å². The van der Waals surface area contributed by atoms with E-state index in [0.717, 1.165) is 38.5 Å². The van der Waals surface area contributed by atoms with Crippen molar-refractivity contribution in [1.29, 1.82) is 0 Å². The SMILES string of the molecule is CCCCC1=Cc2c(-c3c4ccccc4cc4ccccc34)cccc2[CH]1[Zr]([Cl])([Cl])([CH]1C(CCCC)=Cc2c(-c3c4ccccc4cc4ccccc34)cccc21)[SiH](C)C. The van der Waals surface area contributed by atoms with Crippen LogP contribution in [0.2, 0.25) is 13.1 Å². The molecule has 8 aromatic rings. The van der Waals surface area contributed by atoms with Crippen LogP contribution in [-0.4, -0.2) is 5.92 Å². The van der Waals surface area contributed by atoms with Gasteiger partial charge in [-0.15, -0.1) is 0 Å². The van der Waals surface area contributed by atoms with Gasteiger partial charge in [0.05, 0.1) is 0 Å². The molecule has 60 heavy (non-hydrogen) atoms. The van der Waals surface area contributed by atoms with E-state index in [2.05, 4.69) is 185 Å². The summed E-state index contributed by atoms with van der Waals surface area (Å²) in [5.74, 6) is -1.77. The summed E-state index contributed by atoms with van der Waals surface area (Å²) in [6, 6.07) is 54.5. The quantitative estimate of drug-likeness (QED) is 0.0896. The molecule has 0 saturated carbocycles. The van der Waals surface area contributed by atoms with Gasteiger partial charge in [0, 0.05) is 0 Å². The van der Waals surface area contributed by atoms with Crippen molar-refractivity contribution in [3.63, 3.8) is 0 Å². The molecule has 299 valence electrons. The van der Waals surface area contributed by atoms with Crippen LogP contribution in [0.25, 0.3) is 77.5 Å². The summed E-state index contributed by atoms with van der Waals surface area (Å²) in [7, 11) is 18.2. The van der Waals surface area contributed by atoms with Crippen molar-refractivity contribution in [2.75, 3.05) is 0 Å². The first-order valence-electron chi connectivity index (χ1n) is 22.3. The molecule has 2 aliphatic rings. The number of halogens is 2. The number of unbranched alkanes of at least 4 members (excludes halogenated alkanes) is 2. The van der Waals surface area contributed by atoms with E-state index >= 15 is 0 Å². The van der Waals surface area contributed by atoms with Crippen molar-refractivity contribution < 1.29 is 15.6 Å². The molecule has 2 unspecified atom stereocenters. The molecule has 10 rings (SSSR count). The molecule has 2 aliphatic carbocycles. The van der Waals surface area contributed by atoms with E-state index in [1.165, 1.54) is 98.7 Å². The molecule has 0 spiro atoms. The average molecular weight is 916 g/mol. The molecular weight excluding hydrogens is 863 g/mol. The Balaban J connectivity index is 1.23. The molecule has 0 N–H and O–H groups in total. The second kappa shape index (κ2) is 15.7. The van der Waals surface area contributed by atoms with Crippen LogP contribution in [-0.2, 0) is 15.6 Å². The van der Waals surface area contributed by atoms with Crippen LogP contribution in [0.5, 0.6) is 0 Å². The Labute approximate surface area is 364 Å². The molecule has 4 heteroatoms. The summed E-state index contributed by atoms with van der Waals surface area (Å²) in [6.07, 6.45) is 11.7. The molecule has 0 bridgehead atoms. The van der Waals surface area contributed by atoms with E-state index in [9.17, 15) is 0 Å². The second-order valence-corrected chi connectivity index (χ2v) is 60.4.